The molecule has 0 unspecified atom stereocenters. The van der Waals surface area contributed by atoms with E-state index >= 15 is 0 Å². The summed E-state index contributed by atoms with van der Waals surface area (Å²) in [5.74, 6) is -0.0217. The van der Waals surface area contributed by atoms with Gasteiger partial charge in [-0.05, 0) is 52.5 Å². The van der Waals surface area contributed by atoms with Crippen LogP contribution in [0.3, 0.4) is 0 Å². The van der Waals surface area contributed by atoms with Gasteiger partial charge in [0.05, 0.1) is 20.9 Å². The van der Waals surface area contributed by atoms with Crippen LogP contribution in [0.25, 0.3) is 10.2 Å². The lowest BCUT2D eigenvalue weighted by molar-refractivity contribution is 0.0950. The van der Waals surface area contributed by atoms with E-state index in [2.05, 4.69) is 15.0 Å². The molecule has 0 radical (unpaired) electrons. The van der Waals surface area contributed by atoms with Crippen molar-refractivity contribution in [2.45, 2.75) is 20.3 Å². The molecular weight excluding hydrogens is 407 g/mol. The van der Waals surface area contributed by atoms with E-state index in [0.29, 0.717) is 22.4 Å². The van der Waals surface area contributed by atoms with Crippen LogP contribution in [0.1, 0.15) is 28.2 Å². The van der Waals surface area contributed by atoms with E-state index in [1.807, 2.05) is 33.2 Å². The Morgan fingerprint density at radius 3 is 2.59 bits per heavy atom. The number of fused-ring (bicyclic) bond motifs is 1. The van der Waals surface area contributed by atoms with Gasteiger partial charge in [0.2, 0.25) is 5.76 Å². The Morgan fingerprint density at radius 1 is 1.26 bits per heavy atom. The number of thiazole rings is 1. The van der Waals surface area contributed by atoms with Crippen LogP contribution in [0.15, 0.2) is 22.7 Å². The van der Waals surface area contributed by atoms with Gasteiger partial charge in [-0.1, -0.05) is 34.2 Å². The number of carbonyl (C=O) groups is 1. The maximum Gasteiger partial charge on any atom is 0.298 e. The van der Waals surface area contributed by atoms with Crippen molar-refractivity contribution in [2.24, 2.45) is 0 Å². The van der Waals surface area contributed by atoms with Crippen molar-refractivity contribution in [1.29, 1.82) is 0 Å². The van der Waals surface area contributed by atoms with Crippen LogP contribution in [-0.2, 0) is 0 Å². The normalized spacial score (nSPS) is 11.0. The van der Waals surface area contributed by atoms with Crippen LogP contribution in [0, 0.1) is 13.8 Å². The van der Waals surface area contributed by atoms with Crippen LogP contribution in [0.4, 0.5) is 5.13 Å². The fourth-order valence-corrected chi connectivity index (χ4v) is 3.97. The molecule has 6 nitrogen and oxygen atoms in total. The topological polar surface area (TPSA) is 62.5 Å². The van der Waals surface area contributed by atoms with Crippen molar-refractivity contribution in [3.05, 3.63) is 40.2 Å². The third-order valence-corrected chi connectivity index (χ3v) is 5.53. The van der Waals surface area contributed by atoms with Gasteiger partial charge in [-0.25, -0.2) is 4.98 Å². The van der Waals surface area contributed by atoms with Gasteiger partial charge in [-0.2, -0.15) is 0 Å². The highest BCUT2D eigenvalue weighted by molar-refractivity contribution is 7.23. The molecule has 0 fully saturated rings. The van der Waals surface area contributed by atoms with Crippen molar-refractivity contribution >= 4 is 56.6 Å². The molecule has 0 saturated carbocycles. The highest BCUT2D eigenvalue weighted by Crippen LogP contribution is 2.36. The Balaban J connectivity index is 0.00000261. The summed E-state index contributed by atoms with van der Waals surface area (Å²) < 4.78 is 6.07. The van der Waals surface area contributed by atoms with Gasteiger partial charge in [-0.15, -0.1) is 12.4 Å². The zero-order chi connectivity index (χ0) is 18.8. The number of hydrogen-bond acceptors (Lipinski definition) is 6. The molecule has 9 heteroatoms. The van der Waals surface area contributed by atoms with Crippen molar-refractivity contribution < 1.29 is 9.32 Å². The van der Waals surface area contributed by atoms with Crippen molar-refractivity contribution in [2.75, 3.05) is 32.1 Å². The second-order valence-corrected chi connectivity index (χ2v) is 7.87. The number of carbonyl (C=O) groups excluding carboxylic acids is 1. The monoisotopic (exact) mass is 428 g/mol. The minimum Gasteiger partial charge on any atom is -0.351 e. The molecule has 1 amide bonds. The quantitative estimate of drug-likeness (QED) is 0.574. The summed E-state index contributed by atoms with van der Waals surface area (Å²) in [6.07, 6.45) is 0.814. The molecule has 2 heterocycles. The molecule has 3 aromatic rings. The van der Waals surface area contributed by atoms with Crippen LogP contribution >= 0.6 is 35.3 Å². The first kappa shape index (κ1) is 21.6. The lowest BCUT2D eigenvalue weighted by Crippen LogP contribution is -2.33. The summed E-state index contributed by atoms with van der Waals surface area (Å²) >= 11 is 7.75. The third-order valence-electron chi connectivity index (χ3n) is 3.99. The summed E-state index contributed by atoms with van der Waals surface area (Å²) in [6, 6.07) is 5.44. The number of aromatic nitrogens is 2. The number of benzene rings is 1. The van der Waals surface area contributed by atoms with Crippen LogP contribution in [0.2, 0.25) is 5.02 Å². The van der Waals surface area contributed by atoms with Crippen LogP contribution in [0.5, 0.6) is 0 Å². The van der Waals surface area contributed by atoms with Crippen molar-refractivity contribution in [1.82, 2.24) is 15.0 Å². The number of amides is 1. The van der Waals surface area contributed by atoms with Gasteiger partial charge in [0.25, 0.3) is 5.91 Å². The zero-order valence-electron chi connectivity index (χ0n) is 15.7. The van der Waals surface area contributed by atoms with Gasteiger partial charge >= 0.3 is 0 Å². The van der Waals surface area contributed by atoms with Crippen molar-refractivity contribution in [3.8, 4) is 0 Å². The van der Waals surface area contributed by atoms with E-state index < -0.39 is 0 Å². The Morgan fingerprint density at radius 2 is 2.00 bits per heavy atom. The highest BCUT2D eigenvalue weighted by atomic mass is 35.5. The number of rotatable bonds is 6. The van der Waals surface area contributed by atoms with E-state index in [4.69, 9.17) is 16.1 Å². The Labute approximate surface area is 173 Å². The molecule has 0 saturated heterocycles. The summed E-state index contributed by atoms with van der Waals surface area (Å²) in [5, 5.41) is 5.09. The Bertz CT molecular complexity index is 900. The lowest BCUT2D eigenvalue weighted by atomic mass is 10.2. The SMILES string of the molecule is Cc1cc(C(=O)N(CCCN(C)C)c2nc3c(C)ccc(Cl)c3s2)on1.Cl. The molecule has 146 valence electrons. The van der Waals surface area contributed by atoms with Gasteiger partial charge in [0.15, 0.2) is 5.13 Å². The molecular formula is C18H22Cl2N4O2S. The van der Waals surface area contributed by atoms with Crippen molar-refractivity contribution in [3.63, 3.8) is 0 Å². The van der Waals surface area contributed by atoms with Gasteiger partial charge in [-0.3, -0.25) is 9.69 Å². The van der Waals surface area contributed by atoms with Gasteiger partial charge in [0.1, 0.15) is 0 Å². The molecule has 27 heavy (non-hydrogen) atoms. The van der Waals surface area contributed by atoms with E-state index in [-0.39, 0.29) is 24.1 Å². The maximum absolute atomic E-state index is 13.0. The second-order valence-electron chi connectivity index (χ2n) is 6.48. The summed E-state index contributed by atoms with van der Waals surface area (Å²) in [4.78, 5) is 21.4. The fraction of sp³-hybridized carbons (Fsp3) is 0.389. The first-order valence-electron chi connectivity index (χ1n) is 8.32. The standard InChI is InChI=1S/C18H21ClN4O2S.ClH/c1-11-6-7-13(19)16-15(11)20-18(26-16)23(9-5-8-22(3)4)17(24)14-10-12(2)21-25-14;/h6-7,10H,5,8-9H2,1-4H3;1H. The van der Waals surface area contributed by atoms with E-state index in [9.17, 15) is 4.79 Å². The van der Waals surface area contributed by atoms with Gasteiger partial charge < -0.3 is 9.42 Å². The average Bonchev–Trinajstić information content (AvgIpc) is 3.21. The average molecular weight is 429 g/mol. The first-order valence-corrected chi connectivity index (χ1v) is 9.52. The molecule has 0 aliphatic rings. The minimum atomic E-state index is -0.239. The molecule has 0 spiro atoms. The third kappa shape index (κ3) is 4.79. The van der Waals surface area contributed by atoms with Crippen LogP contribution in [-0.4, -0.2) is 48.1 Å². The molecule has 2 aromatic heterocycles. The molecule has 0 bridgehead atoms. The zero-order valence-corrected chi connectivity index (χ0v) is 18.0. The molecule has 0 aliphatic heterocycles. The number of nitrogens with zero attached hydrogens (tertiary/aromatic N) is 4. The predicted octanol–water partition coefficient (Wildman–Crippen LogP) is 4.57. The highest BCUT2D eigenvalue weighted by Gasteiger charge is 2.25. The van der Waals surface area contributed by atoms with E-state index in [0.717, 1.165) is 28.7 Å². The minimum absolute atomic E-state index is 0. The molecule has 0 N–H and O–H groups in total. The molecule has 0 atom stereocenters. The maximum atomic E-state index is 13.0. The Hall–Kier alpha value is -1.67. The second kappa shape index (κ2) is 9.01. The van der Waals surface area contributed by atoms with Gasteiger partial charge in [0, 0.05) is 12.6 Å². The lowest BCUT2D eigenvalue weighted by Gasteiger charge is -2.19. The summed E-state index contributed by atoms with van der Waals surface area (Å²) in [6.45, 7) is 5.18. The fourth-order valence-electron chi connectivity index (χ4n) is 2.63. The number of anilines is 1. The summed E-state index contributed by atoms with van der Waals surface area (Å²) in [5.41, 5.74) is 2.53. The summed E-state index contributed by atoms with van der Waals surface area (Å²) in [7, 11) is 4.01. The van der Waals surface area contributed by atoms with E-state index in [1.54, 1.807) is 17.9 Å². The number of halogens is 2. The smallest absolute Gasteiger partial charge is 0.298 e. The molecule has 0 aliphatic carbocycles. The largest absolute Gasteiger partial charge is 0.351 e. The number of aryl methyl sites for hydroxylation is 2. The molecule has 1 aromatic carbocycles. The Kier molecular flexibility index (Phi) is 7.22. The number of hydrogen-bond donors (Lipinski definition) is 0. The first-order chi connectivity index (χ1) is 12.4. The predicted molar refractivity (Wildman–Crippen MR) is 113 cm³/mol. The van der Waals surface area contributed by atoms with E-state index in [1.165, 1.54) is 11.3 Å². The van der Waals surface area contributed by atoms with Crippen LogP contribution < -0.4 is 4.90 Å². The molecule has 3 rings (SSSR count).